The van der Waals surface area contributed by atoms with E-state index >= 15 is 0 Å². The van der Waals surface area contributed by atoms with E-state index in [2.05, 4.69) is 12.1 Å². The van der Waals surface area contributed by atoms with Gasteiger partial charge < -0.3 is 14.4 Å². The number of methoxy groups -OCH3 is 2. The van der Waals surface area contributed by atoms with E-state index in [1.54, 1.807) is 14.2 Å². The van der Waals surface area contributed by atoms with E-state index in [4.69, 9.17) is 9.47 Å². The molecule has 0 atom stereocenters. The first-order valence-electron chi connectivity index (χ1n) is 7.22. The standard InChI is InChI=1S/C16H21NO3/c1-19-14-9-12-5-8-17(11-18)16(6-3-4-7-16)13(12)10-15(14)20-2/h9-11H,3-8H2,1-2H3. The van der Waals surface area contributed by atoms with Crippen molar-refractivity contribution in [3.63, 3.8) is 0 Å². The first-order chi connectivity index (χ1) is 9.75. The van der Waals surface area contributed by atoms with Gasteiger partial charge in [0.1, 0.15) is 0 Å². The summed E-state index contributed by atoms with van der Waals surface area (Å²) < 4.78 is 10.8. The fraction of sp³-hybridized carbons (Fsp3) is 0.562. The summed E-state index contributed by atoms with van der Waals surface area (Å²) in [5.41, 5.74) is 2.43. The first kappa shape index (κ1) is 13.3. The summed E-state index contributed by atoms with van der Waals surface area (Å²) in [6, 6.07) is 4.16. The maximum atomic E-state index is 11.5. The zero-order valence-electron chi connectivity index (χ0n) is 12.1. The predicted octanol–water partition coefficient (Wildman–Crippen LogP) is 2.49. The summed E-state index contributed by atoms with van der Waals surface area (Å²) in [4.78, 5) is 13.5. The average Bonchev–Trinajstić information content (AvgIpc) is 2.96. The molecule has 0 N–H and O–H groups in total. The molecule has 1 spiro atoms. The number of ether oxygens (including phenoxy) is 2. The Balaban J connectivity index is 2.15. The Morgan fingerprint density at radius 3 is 2.40 bits per heavy atom. The molecule has 0 unspecified atom stereocenters. The van der Waals surface area contributed by atoms with Gasteiger partial charge in [-0.3, -0.25) is 4.79 Å². The van der Waals surface area contributed by atoms with E-state index in [0.717, 1.165) is 43.7 Å². The average molecular weight is 275 g/mol. The molecule has 1 fully saturated rings. The highest BCUT2D eigenvalue weighted by Gasteiger charge is 2.44. The molecule has 3 rings (SSSR count). The minimum absolute atomic E-state index is 0.116. The highest BCUT2D eigenvalue weighted by molar-refractivity contribution is 5.57. The highest BCUT2D eigenvalue weighted by Crippen LogP contribution is 2.49. The third-order valence-electron chi connectivity index (χ3n) is 4.84. The molecule has 20 heavy (non-hydrogen) atoms. The zero-order valence-corrected chi connectivity index (χ0v) is 12.1. The van der Waals surface area contributed by atoms with Gasteiger partial charge in [-0.2, -0.15) is 0 Å². The van der Waals surface area contributed by atoms with Gasteiger partial charge in [-0.05, 0) is 42.5 Å². The summed E-state index contributed by atoms with van der Waals surface area (Å²) in [5, 5.41) is 0. The molecule has 1 amide bonds. The van der Waals surface area contributed by atoms with Gasteiger partial charge in [0.15, 0.2) is 11.5 Å². The van der Waals surface area contributed by atoms with Gasteiger partial charge in [-0.1, -0.05) is 12.8 Å². The number of carbonyl (C=O) groups is 1. The second kappa shape index (κ2) is 5.00. The van der Waals surface area contributed by atoms with Crippen LogP contribution in [0.2, 0.25) is 0 Å². The van der Waals surface area contributed by atoms with Crippen molar-refractivity contribution < 1.29 is 14.3 Å². The lowest BCUT2D eigenvalue weighted by Gasteiger charge is -2.44. The van der Waals surface area contributed by atoms with E-state index in [0.29, 0.717) is 0 Å². The summed E-state index contributed by atoms with van der Waals surface area (Å²) >= 11 is 0. The molecule has 1 saturated carbocycles. The van der Waals surface area contributed by atoms with E-state index in [9.17, 15) is 4.79 Å². The van der Waals surface area contributed by atoms with E-state index in [1.165, 1.54) is 24.0 Å². The predicted molar refractivity (Wildman–Crippen MR) is 76.2 cm³/mol. The van der Waals surface area contributed by atoms with E-state index in [1.807, 2.05) is 4.90 Å². The van der Waals surface area contributed by atoms with Gasteiger partial charge >= 0.3 is 0 Å². The Morgan fingerprint density at radius 1 is 1.15 bits per heavy atom. The van der Waals surface area contributed by atoms with Gasteiger partial charge in [0.05, 0.1) is 19.8 Å². The molecule has 0 aromatic heterocycles. The first-order valence-corrected chi connectivity index (χ1v) is 7.22. The SMILES string of the molecule is COc1cc2c(cc1OC)C1(CCCC1)N(C=O)CC2. The molecule has 1 heterocycles. The van der Waals surface area contributed by atoms with Gasteiger partial charge in [0.2, 0.25) is 6.41 Å². The van der Waals surface area contributed by atoms with Crippen LogP contribution in [0.15, 0.2) is 12.1 Å². The molecule has 0 saturated heterocycles. The Labute approximate surface area is 119 Å². The number of hydrogen-bond acceptors (Lipinski definition) is 3. The molecule has 0 radical (unpaired) electrons. The van der Waals surface area contributed by atoms with Crippen molar-refractivity contribution in [3.8, 4) is 11.5 Å². The minimum Gasteiger partial charge on any atom is -0.493 e. The number of carbonyl (C=O) groups excluding carboxylic acids is 1. The lowest BCUT2D eigenvalue weighted by atomic mass is 9.79. The molecule has 2 aliphatic rings. The van der Waals surface area contributed by atoms with Crippen molar-refractivity contribution >= 4 is 6.41 Å². The molecular formula is C16H21NO3. The van der Waals surface area contributed by atoms with Crippen LogP contribution in [-0.4, -0.2) is 32.1 Å². The van der Waals surface area contributed by atoms with Crippen LogP contribution in [0.25, 0.3) is 0 Å². The van der Waals surface area contributed by atoms with Crippen molar-refractivity contribution in [1.29, 1.82) is 0 Å². The molecular weight excluding hydrogens is 254 g/mol. The van der Waals surface area contributed by atoms with Crippen LogP contribution in [0.4, 0.5) is 0 Å². The molecule has 0 bridgehead atoms. The van der Waals surface area contributed by atoms with Gasteiger partial charge in [0.25, 0.3) is 0 Å². The number of nitrogens with zero attached hydrogens (tertiary/aromatic N) is 1. The van der Waals surface area contributed by atoms with Crippen molar-refractivity contribution in [2.75, 3.05) is 20.8 Å². The van der Waals surface area contributed by atoms with Gasteiger partial charge in [-0.15, -0.1) is 0 Å². The summed E-state index contributed by atoms with van der Waals surface area (Å²) in [6.45, 7) is 0.798. The van der Waals surface area contributed by atoms with Crippen LogP contribution in [-0.2, 0) is 16.8 Å². The van der Waals surface area contributed by atoms with Crippen LogP contribution >= 0.6 is 0 Å². The number of rotatable bonds is 3. The summed E-state index contributed by atoms with van der Waals surface area (Å²) in [6.07, 6.45) is 6.36. The Morgan fingerprint density at radius 2 is 1.80 bits per heavy atom. The second-order valence-corrected chi connectivity index (χ2v) is 5.65. The smallest absolute Gasteiger partial charge is 0.210 e. The van der Waals surface area contributed by atoms with E-state index in [-0.39, 0.29) is 5.54 Å². The van der Waals surface area contributed by atoms with Crippen molar-refractivity contribution in [3.05, 3.63) is 23.3 Å². The van der Waals surface area contributed by atoms with Crippen LogP contribution in [0.3, 0.4) is 0 Å². The largest absolute Gasteiger partial charge is 0.493 e. The van der Waals surface area contributed by atoms with Crippen molar-refractivity contribution in [2.45, 2.75) is 37.6 Å². The van der Waals surface area contributed by atoms with Crippen LogP contribution in [0.5, 0.6) is 11.5 Å². The van der Waals surface area contributed by atoms with Crippen LogP contribution in [0.1, 0.15) is 36.8 Å². The quantitative estimate of drug-likeness (QED) is 0.796. The molecule has 1 aromatic carbocycles. The number of amides is 1. The Kier molecular flexibility index (Phi) is 3.32. The Bertz CT molecular complexity index is 521. The topological polar surface area (TPSA) is 38.8 Å². The van der Waals surface area contributed by atoms with Gasteiger partial charge in [-0.25, -0.2) is 0 Å². The number of benzene rings is 1. The van der Waals surface area contributed by atoms with Gasteiger partial charge in [0, 0.05) is 6.54 Å². The van der Waals surface area contributed by atoms with Crippen LogP contribution < -0.4 is 9.47 Å². The normalized spacial score (nSPS) is 19.8. The third kappa shape index (κ3) is 1.78. The fourth-order valence-corrected chi connectivity index (χ4v) is 3.84. The Hall–Kier alpha value is -1.71. The van der Waals surface area contributed by atoms with E-state index < -0.39 is 0 Å². The molecule has 4 heteroatoms. The highest BCUT2D eigenvalue weighted by atomic mass is 16.5. The second-order valence-electron chi connectivity index (χ2n) is 5.65. The summed E-state index contributed by atoms with van der Waals surface area (Å²) in [5.74, 6) is 1.53. The summed E-state index contributed by atoms with van der Waals surface area (Å²) in [7, 11) is 3.32. The molecule has 108 valence electrons. The van der Waals surface area contributed by atoms with Crippen LogP contribution in [0, 0.1) is 0 Å². The number of hydrogen-bond donors (Lipinski definition) is 0. The minimum atomic E-state index is -0.116. The maximum absolute atomic E-state index is 11.5. The lowest BCUT2D eigenvalue weighted by Crippen LogP contribution is -2.48. The molecule has 4 nitrogen and oxygen atoms in total. The third-order valence-corrected chi connectivity index (χ3v) is 4.84. The lowest BCUT2D eigenvalue weighted by molar-refractivity contribution is -0.125. The zero-order chi connectivity index (χ0) is 14.2. The molecule has 1 aliphatic carbocycles. The maximum Gasteiger partial charge on any atom is 0.210 e. The van der Waals surface area contributed by atoms with Crippen molar-refractivity contribution in [1.82, 2.24) is 4.90 Å². The fourth-order valence-electron chi connectivity index (χ4n) is 3.84. The number of fused-ring (bicyclic) bond motifs is 2. The molecule has 1 aromatic rings. The monoisotopic (exact) mass is 275 g/mol. The van der Waals surface area contributed by atoms with Crippen molar-refractivity contribution in [2.24, 2.45) is 0 Å². The molecule has 1 aliphatic heterocycles.